The predicted molar refractivity (Wildman–Crippen MR) is 134 cm³/mol. The minimum Gasteiger partial charge on any atom is -0.490 e. The molecule has 4 rings (SSSR count). The van der Waals surface area contributed by atoms with Crippen LogP contribution >= 0.6 is 0 Å². The quantitative estimate of drug-likeness (QED) is 0.199. The van der Waals surface area contributed by atoms with Crippen molar-refractivity contribution in [1.29, 1.82) is 0 Å². The Morgan fingerprint density at radius 1 is 0.784 bits per heavy atom. The van der Waals surface area contributed by atoms with Crippen molar-refractivity contribution in [1.82, 2.24) is 0 Å². The molecule has 0 saturated heterocycles. The van der Waals surface area contributed by atoms with E-state index in [0.29, 0.717) is 49.1 Å². The highest BCUT2D eigenvalue weighted by Gasteiger charge is 2.31. The van der Waals surface area contributed by atoms with Crippen molar-refractivity contribution in [2.45, 2.75) is 96.0 Å². The van der Waals surface area contributed by atoms with Crippen molar-refractivity contribution in [2.75, 3.05) is 6.61 Å². The van der Waals surface area contributed by atoms with Gasteiger partial charge in [-0.05, 0) is 86.0 Å². The molecule has 2 aliphatic rings. The maximum atomic E-state index is 15.1. The third-order valence-corrected chi connectivity index (χ3v) is 8.01. The van der Waals surface area contributed by atoms with Crippen LogP contribution in [0, 0.1) is 29.2 Å². The fraction of sp³-hybridized carbons (Fsp3) is 0.567. The molecule has 0 aromatic heterocycles. The lowest BCUT2D eigenvalue weighted by Gasteiger charge is -2.30. The molecule has 7 heteroatoms. The number of hydrogen-bond acceptors (Lipinski definition) is 3. The first kappa shape index (κ1) is 27.5. The topological polar surface area (TPSA) is 35.5 Å². The summed E-state index contributed by atoms with van der Waals surface area (Å²) in [5.41, 5.74) is 0.358. The summed E-state index contributed by atoms with van der Waals surface area (Å²) >= 11 is 0. The van der Waals surface area contributed by atoms with E-state index >= 15 is 8.78 Å². The Hall–Kier alpha value is -2.57. The molecular formula is C30H36F4O3. The number of ether oxygens (including phenoxy) is 2. The van der Waals surface area contributed by atoms with Gasteiger partial charge in [-0.25, -0.2) is 18.0 Å². The maximum absolute atomic E-state index is 15.1. The van der Waals surface area contributed by atoms with E-state index in [1.54, 1.807) is 12.1 Å². The molecule has 2 aromatic carbocycles. The van der Waals surface area contributed by atoms with Gasteiger partial charge >= 0.3 is 5.97 Å². The largest absolute Gasteiger partial charge is 0.490 e. The van der Waals surface area contributed by atoms with Crippen LogP contribution in [0.2, 0.25) is 0 Å². The molecule has 2 fully saturated rings. The van der Waals surface area contributed by atoms with Crippen molar-refractivity contribution in [3.8, 4) is 5.75 Å². The van der Waals surface area contributed by atoms with Gasteiger partial charge in [0.15, 0.2) is 23.2 Å². The van der Waals surface area contributed by atoms with Crippen molar-refractivity contribution in [3.05, 3.63) is 64.2 Å². The Morgan fingerprint density at radius 2 is 1.35 bits per heavy atom. The lowest BCUT2D eigenvalue weighted by molar-refractivity contribution is 0.0188. The van der Waals surface area contributed by atoms with Gasteiger partial charge in [0.25, 0.3) is 0 Å². The number of hydrogen-bond donors (Lipinski definition) is 0. The summed E-state index contributed by atoms with van der Waals surface area (Å²) in [6.45, 7) is 4.40. The van der Waals surface area contributed by atoms with Gasteiger partial charge < -0.3 is 9.47 Å². The van der Waals surface area contributed by atoms with E-state index in [-0.39, 0.29) is 24.2 Å². The van der Waals surface area contributed by atoms with Crippen LogP contribution in [0.15, 0.2) is 24.3 Å². The normalized spacial score (nSPS) is 24.1. The lowest BCUT2D eigenvalue weighted by Crippen LogP contribution is -2.25. The molecule has 0 spiro atoms. The van der Waals surface area contributed by atoms with Crippen molar-refractivity contribution >= 4 is 5.97 Å². The highest BCUT2D eigenvalue weighted by atomic mass is 19.2. The number of unbranched alkanes of at least 4 members (excludes halogenated alkanes) is 1. The highest BCUT2D eigenvalue weighted by molar-refractivity contribution is 5.90. The average Bonchev–Trinajstić information content (AvgIpc) is 2.89. The van der Waals surface area contributed by atoms with Crippen LogP contribution in [-0.2, 0) is 4.74 Å². The molecule has 2 aliphatic carbocycles. The van der Waals surface area contributed by atoms with Gasteiger partial charge in [-0.15, -0.1) is 0 Å². The first-order valence-corrected chi connectivity index (χ1v) is 13.6. The number of rotatable bonds is 8. The third kappa shape index (κ3) is 6.29. The molecule has 3 nitrogen and oxygen atoms in total. The van der Waals surface area contributed by atoms with Gasteiger partial charge in [0.1, 0.15) is 6.10 Å². The van der Waals surface area contributed by atoms with Crippen LogP contribution in [0.25, 0.3) is 0 Å². The Bertz CT molecular complexity index is 1090. The summed E-state index contributed by atoms with van der Waals surface area (Å²) < 4.78 is 69.6. The molecule has 202 valence electrons. The van der Waals surface area contributed by atoms with E-state index < -0.39 is 40.9 Å². The molecule has 0 bridgehead atoms. The Morgan fingerprint density at radius 3 is 1.92 bits per heavy atom. The molecule has 0 N–H and O–H groups in total. The predicted octanol–water partition coefficient (Wildman–Crippen LogP) is 8.60. The minimum absolute atomic E-state index is 0.0668. The van der Waals surface area contributed by atoms with Gasteiger partial charge in [-0.3, -0.25) is 0 Å². The summed E-state index contributed by atoms with van der Waals surface area (Å²) in [5, 5.41) is 0. The SMILES string of the molecule is CCCCOc1ccc(C(=O)OC2CCC(c3ccc(C4CCC(C)CC4)c(F)c3F)CC2)c(F)c1F. The second-order valence-corrected chi connectivity index (χ2v) is 10.6. The third-order valence-electron chi connectivity index (χ3n) is 8.01. The van der Waals surface area contributed by atoms with Crippen molar-refractivity contribution in [3.63, 3.8) is 0 Å². The van der Waals surface area contributed by atoms with Gasteiger partial charge in [0, 0.05) is 0 Å². The maximum Gasteiger partial charge on any atom is 0.341 e. The Balaban J connectivity index is 1.34. The summed E-state index contributed by atoms with van der Waals surface area (Å²) in [6, 6.07) is 5.86. The molecule has 0 atom stereocenters. The second kappa shape index (κ2) is 12.3. The van der Waals surface area contributed by atoms with Gasteiger partial charge in [-0.2, -0.15) is 4.39 Å². The van der Waals surface area contributed by atoms with Crippen molar-refractivity contribution < 1.29 is 31.8 Å². The van der Waals surface area contributed by atoms with Crippen LogP contribution < -0.4 is 4.74 Å². The summed E-state index contributed by atoms with van der Waals surface area (Å²) in [4.78, 5) is 12.5. The first-order valence-electron chi connectivity index (χ1n) is 13.6. The molecule has 0 unspecified atom stereocenters. The fourth-order valence-corrected chi connectivity index (χ4v) is 5.61. The van der Waals surface area contributed by atoms with E-state index in [2.05, 4.69) is 6.92 Å². The number of halogens is 4. The van der Waals surface area contributed by atoms with Crippen LogP contribution in [0.1, 0.15) is 111 Å². The van der Waals surface area contributed by atoms with Crippen molar-refractivity contribution in [2.24, 2.45) is 5.92 Å². The van der Waals surface area contributed by atoms with Crippen LogP contribution in [-0.4, -0.2) is 18.7 Å². The molecule has 0 aliphatic heterocycles. The second-order valence-electron chi connectivity index (χ2n) is 10.6. The van der Waals surface area contributed by atoms with Crippen LogP contribution in [0.4, 0.5) is 17.6 Å². The number of carbonyl (C=O) groups is 1. The molecule has 0 amide bonds. The van der Waals surface area contributed by atoms with E-state index in [1.165, 1.54) is 12.1 Å². The zero-order chi connectivity index (χ0) is 26.5. The number of esters is 1. The zero-order valence-corrected chi connectivity index (χ0v) is 21.6. The Labute approximate surface area is 216 Å². The highest BCUT2D eigenvalue weighted by Crippen LogP contribution is 2.41. The summed E-state index contributed by atoms with van der Waals surface area (Å²) in [5.74, 6) is -4.66. The summed E-state index contributed by atoms with van der Waals surface area (Å²) in [6.07, 6.45) is 6.77. The molecule has 37 heavy (non-hydrogen) atoms. The molecule has 0 radical (unpaired) electrons. The van der Waals surface area contributed by atoms with Gasteiger partial charge in [0.2, 0.25) is 5.82 Å². The average molecular weight is 521 g/mol. The minimum atomic E-state index is -1.29. The van der Waals surface area contributed by atoms with E-state index in [9.17, 15) is 13.6 Å². The molecule has 0 heterocycles. The Kier molecular flexibility index (Phi) is 9.14. The fourth-order valence-electron chi connectivity index (χ4n) is 5.61. The lowest BCUT2D eigenvalue weighted by atomic mass is 9.77. The van der Waals surface area contributed by atoms with Gasteiger partial charge in [-0.1, -0.05) is 45.2 Å². The molecule has 2 aromatic rings. The van der Waals surface area contributed by atoms with Gasteiger partial charge in [0.05, 0.1) is 12.2 Å². The zero-order valence-electron chi connectivity index (χ0n) is 21.6. The van der Waals surface area contributed by atoms with E-state index in [0.717, 1.165) is 32.1 Å². The standard InChI is InChI=1S/C30H36F4O3/c1-3-4-17-36-25-16-15-24(28(33)29(25)34)30(35)37-21-11-9-20(10-12-21)23-14-13-22(26(31)27(23)32)19-7-5-18(2)6-8-19/h13-16,18-21H,3-12,17H2,1-2H3. The molecule has 2 saturated carbocycles. The van der Waals surface area contributed by atoms with Crippen LogP contribution in [0.3, 0.4) is 0 Å². The molecular weight excluding hydrogens is 484 g/mol. The summed E-state index contributed by atoms with van der Waals surface area (Å²) in [7, 11) is 0. The monoisotopic (exact) mass is 520 g/mol. The van der Waals surface area contributed by atoms with E-state index in [4.69, 9.17) is 9.47 Å². The number of benzene rings is 2. The smallest absolute Gasteiger partial charge is 0.341 e. The van der Waals surface area contributed by atoms with E-state index in [1.807, 2.05) is 6.92 Å². The first-order chi connectivity index (χ1) is 17.8. The number of carbonyl (C=O) groups excluding carboxylic acids is 1. The van der Waals surface area contributed by atoms with Crippen LogP contribution in [0.5, 0.6) is 5.75 Å².